The van der Waals surface area contributed by atoms with Gasteiger partial charge in [0.05, 0.1) is 21.8 Å². The predicted molar refractivity (Wildman–Crippen MR) is 154 cm³/mol. The van der Waals surface area contributed by atoms with Gasteiger partial charge >= 0.3 is 0 Å². The van der Waals surface area contributed by atoms with Gasteiger partial charge in [0.1, 0.15) is 6.54 Å². The van der Waals surface area contributed by atoms with Gasteiger partial charge in [0.25, 0.3) is 15.9 Å². The van der Waals surface area contributed by atoms with Gasteiger partial charge in [-0.25, -0.2) is 8.42 Å². The van der Waals surface area contributed by atoms with E-state index in [0.29, 0.717) is 29.9 Å². The molecule has 0 radical (unpaired) electrons. The number of nitrogens with one attached hydrogen (secondary N) is 2. The molecule has 2 amide bonds. The van der Waals surface area contributed by atoms with Crippen LogP contribution in [0.1, 0.15) is 27.0 Å². The second-order valence-electron chi connectivity index (χ2n) is 9.26. The summed E-state index contributed by atoms with van der Waals surface area (Å²) < 4.78 is 28.4. The van der Waals surface area contributed by atoms with Crippen molar-refractivity contribution < 1.29 is 18.0 Å². The lowest BCUT2D eigenvalue weighted by Crippen LogP contribution is -2.38. The fraction of sp³-hybridized carbons (Fsp3) is 0.161. The standard InChI is InChI=1S/C31H31N3O4S/c1-23-19-24(2)21-26(20-23)34(39(37,38)27-13-7-4-8-14-27)22-30(35)33-29-16-10-9-15-28(29)31(36)32-18-17-25-11-5-3-6-12-25/h3-16,19-21H,17-18,22H2,1-2H3,(H,32,36)(H,33,35). The number of carbonyl (C=O) groups excluding carboxylic acids is 2. The third-order valence-corrected chi connectivity index (χ3v) is 7.89. The lowest BCUT2D eigenvalue weighted by molar-refractivity contribution is -0.114. The third kappa shape index (κ3) is 7.12. The Balaban J connectivity index is 1.54. The van der Waals surface area contributed by atoms with Crippen LogP contribution >= 0.6 is 0 Å². The van der Waals surface area contributed by atoms with E-state index in [9.17, 15) is 18.0 Å². The molecule has 0 spiro atoms. The van der Waals surface area contributed by atoms with Gasteiger partial charge in [-0.1, -0.05) is 66.7 Å². The molecule has 39 heavy (non-hydrogen) atoms. The molecule has 0 atom stereocenters. The Hall–Kier alpha value is -4.43. The summed E-state index contributed by atoms with van der Waals surface area (Å²) in [5.41, 5.74) is 3.83. The van der Waals surface area contributed by atoms with E-state index in [0.717, 1.165) is 21.0 Å². The van der Waals surface area contributed by atoms with Crippen LogP contribution in [0.2, 0.25) is 0 Å². The fourth-order valence-corrected chi connectivity index (χ4v) is 5.73. The number of hydrogen-bond acceptors (Lipinski definition) is 4. The highest BCUT2D eigenvalue weighted by Gasteiger charge is 2.28. The molecule has 200 valence electrons. The van der Waals surface area contributed by atoms with Gasteiger partial charge in [-0.15, -0.1) is 0 Å². The average molecular weight is 542 g/mol. The monoisotopic (exact) mass is 541 g/mol. The molecule has 7 nitrogen and oxygen atoms in total. The maximum absolute atomic E-state index is 13.6. The van der Waals surface area contributed by atoms with E-state index in [4.69, 9.17) is 0 Å². The van der Waals surface area contributed by atoms with Gasteiger partial charge in [0, 0.05) is 6.54 Å². The predicted octanol–water partition coefficient (Wildman–Crippen LogP) is 5.11. The SMILES string of the molecule is Cc1cc(C)cc(N(CC(=O)Nc2ccccc2C(=O)NCCc2ccccc2)S(=O)(=O)c2ccccc2)c1. The van der Waals surface area contributed by atoms with E-state index in [2.05, 4.69) is 10.6 Å². The number of sulfonamides is 1. The third-order valence-electron chi connectivity index (χ3n) is 6.10. The molecule has 0 saturated carbocycles. The molecule has 0 aromatic heterocycles. The Morgan fingerprint density at radius 1 is 0.769 bits per heavy atom. The summed E-state index contributed by atoms with van der Waals surface area (Å²) in [6.45, 7) is 3.71. The molecule has 0 aliphatic rings. The molecule has 4 rings (SSSR count). The molecular weight excluding hydrogens is 510 g/mol. The average Bonchev–Trinajstić information content (AvgIpc) is 2.92. The number of hydrogen-bond donors (Lipinski definition) is 2. The van der Waals surface area contributed by atoms with Crippen molar-refractivity contribution >= 4 is 33.2 Å². The van der Waals surface area contributed by atoms with Crippen LogP contribution in [0, 0.1) is 13.8 Å². The fourth-order valence-electron chi connectivity index (χ4n) is 4.30. The molecule has 0 aliphatic carbocycles. The lowest BCUT2D eigenvalue weighted by Gasteiger charge is -2.25. The maximum Gasteiger partial charge on any atom is 0.264 e. The Morgan fingerprint density at radius 2 is 1.36 bits per heavy atom. The van der Waals surface area contributed by atoms with E-state index in [1.165, 1.54) is 12.1 Å². The highest BCUT2D eigenvalue weighted by Crippen LogP contribution is 2.26. The first-order valence-electron chi connectivity index (χ1n) is 12.6. The smallest absolute Gasteiger partial charge is 0.264 e. The number of aryl methyl sites for hydroxylation is 2. The summed E-state index contributed by atoms with van der Waals surface area (Å²) >= 11 is 0. The summed E-state index contributed by atoms with van der Waals surface area (Å²) in [6, 6.07) is 29.9. The highest BCUT2D eigenvalue weighted by molar-refractivity contribution is 7.92. The van der Waals surface area contributed by atoms with Crippen LogP contribution in [0.5, 0.6) is 0 Å². The van der Waals surface area contributed by atoms with Crippen molar-refractivity contribution in [1.82, 2.24) is 5.32 Å². The largest absolute Gasteiger partial charge is 0.352 e. The van der Waals surface area contributed by atoms with Crippen LogP contribution in [0.3, 0.4) is 0 Å². The number of amides is 2. The summed E-state index contributed by atoms with van der Waals surface area (Å²) in [6.07, 6.45) is 0.670. The van der Waals surface area contributed by atoms with Crippen LogP contribution in [0.4, 0.5) is 11.4 Å². The van der Waals surface area contributed by atoms with Gasteiger partial charge in [-0.3, -0.25) is 13.9 Å². The molecule has 0 aliphatic heterocycles. The zero-order valence-corrected chi connectivity index (χ0v) is 22.7. The number of para-hydroxylation sites is 1. The minimum Gasteiger partial charge on any atom is -0.352 e. The second-order valence-corrected chi connectivity index (χ2v) is 11.1. The minimum absolute atomic E-state index is 0.0788. The van der Waals surface area contributed by atoms with Gasteiger partial charge < -0.3 is 10.6 Å². The van der Waals surface area contributed by atoms with E-state index in [-0.39, 0.29) is 10.8 Å². The van der Waals surface area contributed by atoms with Crippen LogP contribution < -0.4 is 14.9 Å². The van der Waals surface area contributed by atoms with Crippen molar-refractivity contribution in [1.29, 1.82) is 0 Å². The second kappa shape index (κ2) is 12.4. The molecule has 0 bridgehead atoms. The van der Waals surface area contributed by atoms with Crippen molar-refractivity contribution in [3.8, 4) is 0 Å². The molecule has 2 N–H and O–H groups in total. The van der Waals surface area contributed by atoms with Crippen molar-refractivity contribution in [3.05, 3.63) is 125 Å². The number of anilines is 2. The first-order valence-corrected chi connectivity index (χ1v) is 14.0. The van der Waals surface area contributed by atoms with E-state index < -0.39 is 22.5 Å². The quantitative estimate of drug-likeness (QED) is 0.292. The van der Waals surface area contributed by atoms with Crippen LogP contribution in [0.15, 0.2) is 108 Å². The summed E-state index contributed by atoms with van der Waals surface area (Å²) in [5, 5.41) is 5.64. The zero-order chi connectivity index (χ0) is 27.8. The van der Waals surface area contributed by atoms with Crippen LogP contribution in [0.25, 0.3) is 0 Å². The number of rotatable bonds is 10. The summed E-state index contributed by atoms with van der Waals surface area (Å²) in [5.74, 6) is -0.900. The molecule has 0 unspecified atom stereocenters. The number of nitrogens with zero attached hydrogens (tertiary/aromatic N) is 1. The molecule has 0 fully saturated rings. The highest BCUT2D eigenvalue weighted by atomic mass is 32.2. The van der Waals surface area contributed by atoms with Gasteiger partial charge in [-0.05, 0) is 73.4 Å². The van der Waals surface area contributed by atoms with Gasteiger partial charge in [-0.2, -0.15) is 0 Å². The van der Waals surface area contributed by atoms with Crippen molar-refractivity contribution in [2.75, 3.05) is 22.7 Å². The first-order chi connectivity index (χ1) is 18.7. The Kier molecular flexibility index (Phi) is 8.78. The summed E-state index contributed by atoms with van der Waals surface area (Å²) in [4.78, 5) is 26.3. The maximum atomic E-state index is 13.6. The Morgan fingerprint density at radius 3 is 2.03 bits per heavy atom. The van der Waals surface area contributed by atoms with E-state index in [1.807, 2.05) is 50.2 Å². The summed E-state index contributed by atoms with van der Waals surface area (Å²) in [7, 11) is -4.05. The topological polar surface area (TPSA) is 95.6 Å². The van der Waals surface area contributed by atoms with Crippen molar-refractivity contribution in [2.24, 2.45) is 0 Å². The number of benzene rings is 4. The van der Waals surface area contributed by atoms with Gasteiger partial charge in [0.15, 0.2) is 0 Å². The van der Waals surface area contributed by atoms with Crippen molar-refractivity contribution in [2.45, 2.75) is 25.2 Å². The molecule has 4 aromatic rings. The molecule has 4 aromatic carbocycles. The normalized spacial score (nSPS) is 11.0. The van der Waals surface area contributed by atoms with Gasteiger partial charge in [0.2, 0.25) is 5.91 Å². The van der Waals surface area contributed by atoms with E-state index in [1.54, 1.807) is 54.6 Å². The minimum atomic E-state index is -4.05. The molecular formula is C31H31N3O4S. The van der Waals surface area contributed by atoms with Crippen LogP contribution in [-0.4, -0.2) is 33.3 Å². The number of carbonyl (C=O) groups is 2. The first kappa shape index (κ1) is 27.6. The molecule has 8 heteroatoms. The van der Waals surface area contributed by atoms with Crippen molar-refractivity contribution in [3.63, 3.8) is 0 Å². The lowest BCUT2D eigenvalue weighted by atomic mass is 10.1. The van der Waals surface area contributed by atoms with E-state index >= 15 is 0 Å². The zero-order valence-electron chi connectivity index (χ0n) is 21.9. The Bertz CT molecular complexity index is 1540. The Labute approximate surface area is 229 Å². The molecule has 0 heterocycles. The van der Waals surface area contributed by atoms with Crippen LogP contribution in [-0.2, 0) is 21.2 Å². The molecule has 0 saturated heterocycles.